The zero-order valence-corrected chi connectivity index (χ0v) is 10.0. The molecular formula is C14H18N2O. The molecule has 0 heterocycles. The molecule has 0 fully saturated rings. The average molecular weight is 230 g/mol. The Hall–Kier alpha value is -1.79. The third-order valence-corrected chi connectivity index (χ3v) is 2.71. The van der Waals surface area contributed by atoms with Crippen LogP contribution in [0, 0.1) is 18.3 Å². The van der Waals surface area contributed by atoms with Crippen LogP contribution in [-0.2, 0) is 4.79 Å². The molecule has 0 spiro atoms. The second-order valence-corrected chi connectivity index (χ2v) is 3.97. The molecule has 0 aliphatic carbocycles. The summed E-state index contributed by atoms with van der Waals surface area (Å²) in [5.41, 5.74) is 7.01. The monoisotopic (exact) mass is 230 g/mol. The van der Waals surface area contributed by atoms with Crippen molar-refractivity contribution in [2.24, 2.45) is 11.7 Å². The van der Waals surface area contributed by atoms with Crippen LogP contribution in [0.3, 0.4) is 0 Å². The molecule has 3 N–H and O–H groups in total. The van der Waals surface area contributed by atoms with E-state index in [2.05, 4.69) is 11.2 Å². The quantitative estimate of drug-likeness (QED) is 0.594. The number of carbonyl (C=O) groups excluding carboxylic acids is 1. The largest absolute Gasteiger partial charge is 0.355 e. The first-order valence-electron chi connectivity index (χ1n) is 5.68. The van der Waals surface area contributed by atoms with Crippen molar-refractivity contribution in [2.45, 2.75) is 19.4 Å². The Labute approximate surface area is 102 Å². The van der Waals surface area contributed by atoms with E-state index < -0.39 is 0 Å². The minimum Gasteiger partial charge on any atom is -0.355 e. The minimum absolute atomic E-state index is 0.0587. The molecule has 0 bridgehead atoms. The van der Waals surface area contributed by atoms with Crippen molar-refractivity contribution in [3.05, 3.63) is 35.9 Å². The van der Waals surface area contributed by atoms with Crippen molar-refractivity contribution in [1.82, 2.24) is 5.32 Å². The number of amides is 1. The number of nitrogens with two attached hydrogens (primary N) is 1. The van der Waals surface area contributed by atoms with E-state index in [-0.39, 0.29) is 17.9 Å². The lowest BCUT2D eigenvalue weighted by Gasteiger charge is -2.19. The Balaban J connectivity index is 2.55. The summed E-state index contributed by atoms with van der Waals surface area (Å²) in [6.45, 7) is 2.32. The molecule has 0 saturated carbocycles. The highest BCUT2D eigenvalue weighted by molar-refractivity contribution is 5.79. The van der Waals surface area contributed by atoms with Gasteiger partial charge in [0.25, 0.3) is 0 Å². The topological polar surface area (TPSA) is 55.1 Å². The van der Waals surface area contributed by atoms with E-state index in [1.54, 1.807) is 0 Å². The molecule has 17 heavy (non-hydrogen) atoms. The molecule has 0 aliphatic rings. The van der Waals surface area contributed by atoms with Crippen LogP contribution in [0.4, 0.5) is 0 Å². The summed E-state index contributed by atoms with van der Waals surface area (Å²) < 4.78 is 0. The number of carbonyl (C=O) groups is 1. The van der Waals surface area contributed by atoms with Gasteiger partial charge in [0.05, 0.1) is 5.92 Å². The summed E-state index contributed by atoms with van der Waals surface area (Å²) in [5, 5.41) is 2.77. The third kappa shape index (κ3) is 3.93. The van der Waals surface area contributed by atoms with Crippen molar-refractivity contribution >= 4 is 5.91 Å². The highest BCUT2D eigenvalue weighted by atomic mass is 16.1. The summed E-state index contributed by atoms with van der Waals surface area (Å²) in [4.78, 5) is 11.8. The van der Waals surface area contributed by atoms with E-state index in [1.807, 2.05) is 37.3 Å². The number of terminal acetylenes is 1. The fourth-order valence-corrected chi connectivity index (χ4v) is 1.55. The fraction of sp³-hybridized carbons (Fsp3) is 0.357. The zero-order valence-electron chi connectivity index (χ0n) is 10.0. The number of hydrogen-bond donors (Lipinski definition) is 2. The summed E-state index contributed by atoms with van der Waals surface area (Å²) in [6, 6.07) is 9.32. The average Bonchev–Trinajstić information content (AvgIpc) is 2.38. The number of nitrogens with one attached hydrogen (secondary N) is 1. The molecule has 1 aromatic rings. The number of rotatable bonds is 5. The second-order valence-electron chi connectivity index (χ2n) is 3.97. The summed E-state index contributed by atoms with van der Waals surface area (Å²) in [6.07, 6.45) is 5.66. The van der Waals surface area contributed by atoms with Gasteiger partial charge in [0.15, 0.2) is 0 Å². The second kappa shape index (κ2) is 6.72. The van der Waals surface area contributed by atoms with Gasteiger partial charge in [0.1, 0.15) is 0 Å². The van der Waals surface area contributed by atoms with Crippen LogP contribution in [0.5, 0.6) is 0 Å². The lowest BCUT2D eigenvalue weighted by Crippen LogP contribution is -2.35. The first-order chi connectivity index (χ1) is 8.16. The van der Waals surface area contributed by atoms with Crippen LogP contribution < -0.4 is 11.1 Å². The van der Waals surface area contributed by atoms with E-state index in [1.165, 1.54) is 0 Å². The first kappa shape index (κ1) is 13.3. The van der Waals surface area contributed by atoms with E-state index in [4.69, 9.17) is 12.2 Å². The van der Waals surface area contributed by atoms with Crippen LogP contribution >= 0.6 is 0 Å². The van der Waals surface area contributed by atoms with Crippen LogP contribution in [0.1, 0.15) is 24.9 Å². The van der Waals surface area contributed by atoms with Gasteiger partial charge in [-0.2, -0.15) is 0 Å². The van der Waals surface area contributed by atoms with Crippen LogP contribution in [-0.4, -0.2) is 12.5 Å². The lowest BCUT2D eigenvalue weighted by atomic mass is 9.95. The van der Waals surface area contributed by atoms with Gasteiger partial charge in [-0.15, -0.1) is 12.3 Å². The Bertz CT molecular complexity index is 394. The van der Waals surface area contributed by atoms with Gasteiger partial charge in [-0.3, -0.25) is 4.79 Å². The van der Waals surface area contributed by atoms with Crippen molar-refractivity contribution in [1.29, 1.82) is 0 Å². The van der Waals surface area contributed by atoms with Gasteiger partial charge < -0.3 is 11.1 Å². The Morgan fingerprint density at radius 1 is 1.47 bits per heavy atom. The van der Waals surface area contributed by atoms with Crippen LogP contribution in [0.2, 0.25) is 0 Å². The van der Waals surface area contributed by atoms with Crippen molar-refractivity contribution in [3.8, 4) is 12.3 Å². The normalized spacial score (nSPS) is 13.5. The smallest absolute Gasteiger partial charge is 0.224 e. The Morgan fingerprint density at radius 3 is 2.71 bits per heavy atom. The molecule has 0 aliphatic heterocycles. The van der Waals surface area contributed by atoms with Gasteiger partial charge in [-0.05, 0) is 5.56 Å². The van der Waals surface area contributed by atoms with Gasteiger partial charge in [-0.25, -0.2) is 0 Å². The summed E-state index contributed by atoms with van der Waals surface area (Å²) >= 11 is 0. The molecule has 2 atom stereocenters. The molecule has 3 heteroatoms. The zero-order chi connectivity index (χ0) is 12.7. The Kier molecular flexibility index (Phi) is 5.25. The van der Waals surface area contributed by atoms with Crippen LogP contribution in [0.15, 0.2) is 30.3 Å². The lowest BCUT2D eigenvalue weighted by molar-refractivity contribution is -0.125. The Morgan fingerprint density at radius 2 is 2.12 bits per heavy atom. The van der Waals surface area contributed by atoms with Gasteiger partial charge in [0, 0.05) is 19.0 Å². The van der Waals surface area contributed by atoms with E-state index >= 15 is 0 Å². The van der Waals surface area contributed by atoms with Crippen LogP contribution in [0.25, 0.3) is 0 Å². The molecule has 1 rings (SSSR count). The van der Waals surface area contributed by atoms with Crippen molar-refractivity contribution in [3.63, 3.8) is 0 Å². The third-order valence-electron chi connectivity index (χ3n) is 2.71. The maximum Gasteiger partial charge on any atom is 0.224 e. The van der Waals surface area contributed by atoms with E-state index in [0.29, 0.717) is 13.0 Å². The SMILES string of the molecule is C#CCCNC(=O)C(C)C(N)c1ccccc1. The molecule has 0 aromatic heterocycles. The number of benzene rings is 1. The molecule has 90 valence electrons. The molecular weight excluding hydrogens is 212 g/mol. The summed E-state index contributed by atoms with van der Waals surface area (Å²) in [5.74, 6) is 2.15. The molecule has 1 aromatic carbocycles. The van der Waals surface area contributed by atoms with Gasteiger partial charge in [0.2, 0.25) is 5.91 Å². The maximum atomic E-state index is 11.8. The minimum atomic E-state index is -0.290. The van der Waals surface area contributed by atoms with E-state index in [0.717, 1.165) is 5.56 Å². The van der Waals surface area contributed by atoms with Crippen molar-refractivity contribution in [2.75, 3.05) is 6.54 Å². The van der Waals surface area contributed by atoms with Gasteiger partial charge >= 0.3 is 0 Å². The molecule has 0 saturated heterocycles. The predicted molar refractivity (Wildman–Crippen MR) is 69.0 cm³/mol. The van der Waals surface area contributed by atoms with Gasteiger partial charge in [-0.1, -0.05) is 37.3 Å². The highest BCUT2D eigenvalue weighted by Gasteiger charge is 2.21. The maximum absolute atomic E-state index is 11.8. The predicted octanol–water partition coefficient (Wildman–Crippen LogP) is 1.46. The molecule has 0 radical (unpaired) electrons. The fourth-order valence-electron chi connectivity index (χ4n) is 1.55. The molecule has 1 amide bonds. The van der Waals surface area contributed by atoms with Crippen molar-refractivity contribution < 1.29 is 4.79 Å². The molecule has 3 nitrogen and oxygen atoms in total. The standard InChI is InChI=1S/C14H18N2O/c1-3-4-10-16-14(17)11(2)13(15)12-8-6-5-7-9-12/h1,5-9,11,13H,4,10,15H2,2H3,(H,16,17). The summed E-state index contributed by atoms with van der Waals surface area (Å²) in [7, 11) is 0. The first-order valence-corrected chi connectivity index (χ1v) is 5.68. The highest BCUT2D eigenvalue weighted by Crippen LogP contribution is 2.18. The molecule has 2 unspecified atom stereocenters. The van der Waals surface area contributed by atoms with E-state index in [9.17, 15) is 4.79 Å². The number of hydrogen-bond acceptors (Lipinski definition) is 2.